The number of carbonyl (C=O) groups is 1. The molecule has 1 atom stereocenters. The van der Waals surface area contributed by atoms with Gasteiger partial charge >= 0.3 is 0 Å². The van der Waals surface area contributed by atoms with Crippen LogP contribution in [0.15, 0.2) is 29.2 Å². The average Bonchev–Trinajstić information content (AvgIpc) is 2.43. The SMILES string of the molecule is CCCNC(C)(CCCSc1ccccc1Cl)C(N)=O. The second-order valence-electron chi connectivity index (χ2n) is 5.01. The first-order valence-electron chi connectivity index (χ1n) is 6.92. The molecule has 1 amide bonds. The smallest absolute Gasteiger partial charge is 0.237 e. The number of nitrogens with two attached hydrogens (primary N) is 1. The fourth-order valence-corrected chi connectivity index (χ4v) is 3.06. The summed E-state index contributed by atoms with van der Waals surface area (Å²) in [6.07, 6.45) is 2.63. The van der Waals surface area contributed by atoms with E-state index in [9.17, 15) is 4.79 Å². The van der Waals surface area contributed by atoms with Gasteiger partial charge in [-0.1, -0.05) is 30.7 Å². The van der Waals surface area contributed by atoms with Crippen molar-refractivity contribution >= 4 is 29.3 Å². The standard InChI is InChI=1S/C15H23ClN2OS/c1-3-10-18-15(2,14(17)19)9-6-11-20-13-8-5-4-7-12(13)16/h4-5,7-8,18H,3,6,9-11H2,1-2H3,(H2,17,19). The quantitative estimate of drug-likeness (QED) is 0.542. The first kappa shape index (κ1) is 17.3. The van der Waals surface area contributed by atoms with Crippen LogP contribution in [0.5, 0.6) is 0 Å². The molecule has 0 saturated carbocycles. The molecule has 0 heterocycles. The summed E-state index contributed by atoms with van der Waals surface area (Å²) in [5, 5.41) is 4.02. The second-order valence-corrected chi connectivity index (χ2v) is 6.55. The van der Waals surface area contributed by atoms with Crippen LogP contribution in [0.3, 0.4) is 0 Å². The van der Waals surface area contributed by atoms with Crippen LogP contribution < -0.4 is 11.1 Å². The van der Waals surface area contributed by atoms with E-state index in [4.69, 9.17) is 17.3 Å². The Morgan fingerprint density at radius 2 is 2.15 bits per heavy atom. The van der Waals surface area contributed by atoms with E-state index in [0.717, 1.165) is 41.5 Å². The van der Waals surface area contributed by atoms with Crippen molar-refractivity contribution in [3.63, 3.8) is 0 Å². The third-order valence-electron chi connectivity index (χ3n) is 3.22. The first-order chi connectivity index (χ1) is 9.49. The summed E-state index contributed by atoms with van der Waals surface area (Å²) in [5.41, 5.74) is 4.89. The van der Waals surface area contributed by atoms with E-state index >= 15 is 0 Å². The highest BCUT2D eigenvalue weighted by molar-refractivity contribution is 7.99. The zero-order valence-corrected chi connectivity index (χ0v) is 13.7. The lowest BCUT2D eigenvalue weighted by Gasteiger charge is -2.27. The molecule has 5 heteroatoms. The number of benzene rings is 1. The molecule has 1 aromatic rings. The lowest BCUT2D eigenvalue weighted by molar-refractivity contribution is -0.124. The Hall–Kier alpha value is -0.710. The van der Waals surface area contributed by atoms with Crippen molar-refractivity contribution in [3.8, 4) is 0 Å². The largest absolute Gasteiger partial charge is 0.368 e. The van der Waals surface area contributed by atoms with Crippen molar-refractivity contribution in [3.05, 3.63) is 29.3 Å². The summed E-state index contributed by atoms with van der Waals surface area (Å²) in [4.78, 5) is 12.7. The summed E-state index contributed by atoms with van der Waals surface area (Å²) in [5.74, 6) is 0.633. The highest BCUT2D eigenvalue weighted by atomic mass is 35.5. The van der Waals surface area contributed by atoms with Gasteiger partial charge in [0.15, 0.2) is 0 Å². The molecular weight excluding hydrogens is 292 g/mol. The fraction of sp³-hybridized carbons (Fsp3) is 0.533. The third-order valence-corrected chi connectivity index (χ3v) is 4.83. The van der Waals surface area contributed by atoms with Crippen LogP contribution in [-0.2, 0) is 4.79 Å². The first-order valence-corrected chi connectivity index (χ1v) is 8.28. The number of carbonyl (C=O) groups excluding carboxylic acids is 1. The zero-order valence-electron chi connectivity index (χ0n) is 12.1. The van der Waals surface area contributed by atoms with E-state index in [1.165, 1.54) is 0 Å². The maximum atomic E-state index is 11.6. The molecule has 0 fully saturated rings. The second kappa shape index (κ2) is 8.55. The molecule has 0 aromatic heterocycles. The van der Waals surface area contributed by atoms with Crippen molar-refractivity contribution in [2.24, 2.45) is 5.73 Å². The zero-order chi connectivity index (χ0) is 15.0. The summed E-state index contributed by atoms with van der Waals surface area (Å²) in [6, 6.07) is 7.80. The van der Waals surface area contributed by atoms with Crippen LogP contribution >= 0.6 is 23.4 Å². The molecule has 3 N–H and O–H groups in total. The Bertz CT molecular complexity index is 442. The minimum Gasteiger partial charge on any atom is -0.368 e. The van der Waals surface area contributed by atoms with Gasteiger partial charge in [-0.05, 0) is 50.6 Å². The molecule has 0 bridgehead atoms. The lowest BCUT2D eigenvalue weighted by atomic mass is 9.95. The Kier molecular flexibility index (Phi) is 7.41. The molecule has 1 unspecified atom stereocenters. The number of halogens is 1. The molecule has 0 aliphatic rings. The van der Waals surface area contributed by atoms with E-state index in [2.05, 4.69) is 12.2 Å². The van der Waals surface area contributed by atoms with Crippen LogP contribution in [0.25, 0.3) is 0 Å². The van der Waals surface area contributed by atoms with Gasteiger partial charge in [0.2, 0.25) is 5.91 Å². The fourth-order valence-electron chi connectivity index (χ4n) is 1.87. The Morgan fingerprint density at radius 3 is 2.75 bits per heavy atom. The van der Waals surface area contributed by atoms with Gasteiger partial charge in [-0.15, -0.1) is 11.8 Å². The molecule has 1 rings (SSSR count). The number of hydrogen-bond acceptors (Lipinski definition) is 3. The van der Waals surface area contributed by atoms with E-state index < -0.39 is 5.54 Å². The van der Waals surface area contributed by atoms with Crippen LogP contribution in [-0.4, -0.2) is 23.7 Å². The van der Waals surface area contributed by atoms with Gasteiger partial charge in [-0.3, -0.25) is 4.79 Å². The number of nitrogens with one attached hydrogen (secondary N) is 1. The average molecular weight is 315 g/mol. The van der Waals surface area contributed by atoms with Crippen LogP contribution in [0, 0.1) is 0 Å². The topological polar surface area (TPSA) is 55.1 Å². The van der Waals surface area contributed by atoms with Crippen LogP contribution in [0.2, 0.25) is 5.02 Å². The van der Waals surface area contributed by atoms with Gasteiger partial charge < -0.3 is 11.1 Å². The minimum atomic E-state index is -0.614. The van der Waals surface area contributed by atoms with Crippen LogP contribution in [0.4, 0.5) is 0 Å². The maximum Gasteiger partial charge on any atom is 0.237 e. The van der Waals surface area contributed by atoms with Gasteiger partial charge in [0, 0.05) is 4.90 Å². The highest BCUT2D eigenvalue weighted by Gasteiger charge is 2.29. The predicted molar refractivity (Wildman–Crippen MR) is 87.3 cm³/mol. The molecule has 112 valence electrons. The molecule has 0 radical (unpaired) electrons. The van der Waals surface area contributed by atoms with Gasteiger partial charge in [0.25, 0.3) is 0 Å². The molecule has 3 nitrogen and oxygen atoms in total. The lowest BCUT2D eigenvalue weighted by Crippen LogP contribution is -2.53. The van der Waals surface area contributed by atoms with E-state index in [1.54, 1.807) is 11.8 Å². The van der Waals surface area contributed by atoms with Gasteiger partial charge in [-0.25, -0.2) is 0 Å². The van der Waals surface area contributed by atoms with Crippen molar-refractivity contribution in [2.45, 2.75) is 43.5 Å². The van der Waals surface area contributed by atoms with E-state index in [1.807, 2.05) is 31.2 Å². The third kappa shape index (κ3) is 5.35. The normalized spacial score (nSPS) is 13.9. The van der Waals surface area contributed by atoms with Crippen molar-refractivity contribution in [2.75, 3.05) is 12.3 Å². The highest BCUT2D eigenvalue weighted by Crippen LogP contribution is 2.28. The number of primary amides is 1. The summed E-state index contributed by atoms with van der Waals surface area (Å²) >= 11 is 7.82. The van der Waals surface area contributed by atoms with Gasteiger partial charge in [0.1, 0.15) is 0 Å². The number of rotatable bonds is 9. The molecule has 0 saturated heterocycles. The molecule has 0 aliphatic carbocycles. The maximum absolute atomic E-state index is 11.6. The molecule has 0 aliphatic heterocycles. The number of amides is 1. The molecule has 20 heavy (non-hydrogen) atoms. The Labute approximate surface area is 130 Å². The summed E-state index contributed by atoms with van der Waals surface area (Å²) < 4.78 is 0. The summed E-state index contributed by atoms with van der Waals surface area (Å²) in [6.45, 7) is 4.75. The van der Waals surface area contributed by atoms with Gasteiger partial charge in [0.05, 0.1) is 10.6 Å². The molecule has 1 aromatic carbocycles. The van der Waals surface area contributed by atoms with Crippen molar-refractivity contribution in [1.82, 2.24) is 5.32 Å². The Balaban J connectivity index is 2.41. The van der Waals surface area contributed by atoms with Crippen molar-refractivity contribution in [1.29, 1.82) is 0 Å². The van der Waals surface area contributed by atoms with Crippen molar-refractivity contribution < 1.29 is 4.79 Å². The van der Waals surface area contributed by atoms with E-state index in [-0.39, 0.29) is 5.91 Å². The molecule has 0 spiro atoms. The predicted octanol–water partition coefficient (Wildman–Crippen LogP) is 3.46. The number of hydrogen-bond donors (Lipinski definition) is 2. The van der Waals surface area contributed by atoms with E-state index in [0.29, 0.717) is 0 Å². The minimum absolute atomic E-state index is 0.284. The summed E-state index contributed by atoms with van der Waals surface area (Å²) in [7, 11) is 0. The van der Waals surface area contributed by atoms with Gasteiger partial charge in [-0.2, -0.15) is 0 Å². The van der Waals surface area contributed by atoms with Crippen LogP contribution in [0.1, 0.15) is 33.1 Å². The Morgan fingerprint density at radius 1 is 1.45 bits per heavy atom. The number of thioether (sulfide) groups is 1. The monoisotopic (exact) mass is 314 g/mol. The molecular formula is C15H23ClN2OS.